The van der Waals surface area contributed by atoms with Crippen molar-refractivity contribution in [1.29, 1.82) is 0 Å². The number of amides is 2. The first-order chi connectivity index (χ1) is 16.8. The molecule has 1 aromatic heterocycles. The van der Waals surface area contributed by atoms with Crippen molar-refractivity contribution < 1.29 is 19.5 Å². The molecule has 0 aliphatic carbocycles. The third kappa shape index (κ3) is 5.38. The first kappa shape index (κ1) is 23.3. The molecule has 0 saturated heterocycles. The van der Waals surface area contributed by atoms with Crippen molar-refractivity contribution >= 4 is 46.8 Å². The summed E-state index contributed by atoms with van der Waals surface area (Å²) >= 11 is 0. The van der Waals surface area contributed by atoms with Gasteiger partial charge in [-0.2, -0.15) is 4.98 Å². The average Bonchev–Trinajstić information content (AvgIpc) is 3.24. The van der Waals surface area contributed by atoms with Crippen LogP contribution in [0, 0.1) is 5.92 Å². The molecule has 0 radical (unpaired) electrons. The van der Waals surface area contributed by atoms with E-state index in [9.17, 15) is 19.5 Å². The van der Waals surface area contributed by atoms with Gasteiger partial charge in [-0.15, -0.1) is 9.78 Å². The summed E-state index contributed by atoms with van der Waals surface area (Å²) in [7, 11) is 1.55. The van der Waals surface area contributed by atoms with Crippen LogP contribution in [0.1, 0.15) is 22.3 Å². The summed E-state index contributed by atoms with van der Waals surface area (Å²) in [5.74, 6) is -1.52. The smallest absolute Gasteiger partial charge is 0.349 e. The molecular formula is C23H24N8O4. The van der Waals surface area contributed by atoms with Crippen LogP contribution in [0.5, 0.6) is 0 Å². The van der Waals surface area contributed by atoms with Crippen molar-refractivity contribution in [2.45, 2.75) is 6.42 Å². The van der Waals surface area contributed by atoms with Crippen LogP contribution in [-0.4, -0.2) is 51.4 Å². The SMILES string of the molecule is CNC(=O)c1ccc(Nc2nc(N)n(C(=O)Nc3ccc(C4=CNCC(C(=O)O)C4)cc3)n2)cc1. The minimum absolute atomic E-state index is 0.109. The Balaban J connectivity index is 1.40. The van der Waals surface area contributed by atoms with E-state index in [1.807, 2.05) is 6.20 Å². The third-order valence-corrected chi connectivity index (χ3v) is 5.42. The Morgan fingerprint density at radius 3 is 2.43 bits per heavy atom. The number of nitrogens with one attached hydrogen (secondary N) is 4. The molecule has 0 bridgehead atoms. The van der Waals surface area contributed by atoms with Crippen molar-refractivity contribution in [1.82, 2.24) is 25.4 Å². The fraction of sp³-hybridized carbons (Fsp3) is 0.174. The first-order valence-electron chi connectivity index (χ1n) is 10.7. The maximum atomic E-state index is 12.7. The molecule has 2 heterocycles. The first-order valence-corrected chi connectivity index (χ1v) is 10.7. The van der Waals surface area contributed by atoms with Gasteiger partial charge < -0.3 is 32.1 Å². The fourth-order valence-electron chi connectivity index (χ4n) is 3.55. The predicted molar refractivity (Wildman–Crippen MR) is 130 cm³/mol. The molecule has 4 rings (SSSR count). The highest BCUT2D eigenvalue weighted by Crippen LogP contribution is 2.26. The quantitative estimate of drug-likeness (QED) is 0.311. The number of aromatic nitrogens is 3. The summed E-state index contributed by atoms with van der Waals surface area (Å²) in [5, 5.41) is 24.5. The summed E-state index contributed by atoms with van der Waals surface area (Å²) in [5.41, 5.74) is 9.22. The number of carboxylic acids is 1. The topological polar surface area (TPSA) is 176 Å². The second-order valence-corrected chi connectivity index (χ2v) is 7.81. The zero-order valence-corrected chi connectivity index (χ0v) is 18.8. The third-order valence-electron chi connectivity index (χ3n) is 5.42. The lowest BCUT2D eigenvalue weighted by atomic mass is 9.92. The zero-order chi connectivity index (χ0) is 24.9. The van der Waals surface area contributed by atoms with E-state index in [1.54, 1.807) is 55.6 Å². The van der Waals surface area contributed by atoms with Gasteiger partial charge in [-0.1, -0.05) is 12.1 Å². The van der Waals surface area contributed by atoms with Crippen LogP contribution < -0.4 is 27.0 Å². The molecule has 2 aromatic carbocycles. The second-order valence-electron chi connectivity index (χ2n) is 7.81. The van der Waals surface area contributed by atoms with Gasteiger partial charge in [-0.05, 0) is 54.0 Å². The Labute approximate surface area is 200 Å². The number of aliphatic carboxylic acids is 1. The molecule has 1 atom stereocenters. The number of carboxylic acid groups (broad SMARTS) is 1. The van der Waals surface area contributed by atoms with Crippen molar-refractivity contribution in [2.24, 2.45) is 5.92 Å². The van der Waals surface area contributed by atoms with Gasteiger partial charge in [0.1, 0.15) is 0 Å². The van der Waals surface area contributed by atoms with Gasteiger partial charge in [0.2, 0.25) is 11.9 Å². The number of nitrogen functional groups attached to an aromatic ring is 1. The Hall–Kier alpha value is -4.87. The van der Waals surface area contributed by atoms with E-state index in [0.29, 0.717) is 29.9 Å². The van der Waals surface area contributed by atoms with Crippen molar-refractivity contribution in [3.63, 3.8) is 0 Å². The number of benzene rings is 2. The number of nitrogens with zero attached hydrogens (tertiary/aromatic N) is 3. The van der Waals surface area contributed by atoms with E-state index in [-0.39, 0.29) is 17.8 Å². The van der Waals surface area contributed by atoms with Gasteiger partial charge in [-0.25, -0.2) is 4.79 Å². The Morgan fingerprint density at radius 1 is 1.09 bits per heavy atom. The fourth-order valence-corrected chi connectivity index (χ4v) is 3.55. The van der Waals surface area contributed by atoms with Crippen LogP contribution in [0.4, 0.5) is 28.1 Å². The number of allylic oxidation sites excluding steroid dienone is 1. The molecule has 2 amide bonds. The number of hydrogen-bond donors (Lipinski definition) is 6. The highest BCUT2D eigenvalue weighted by molar-refractivity contribution is 5.94. The predicted octanol–water partition coefficient (Wildman–Crippen LogP) is 2.08. The lowest BCUT2D eigenvalue weighted by molar-refractivity contribution is -0.141. The van der Waals surface area contributed by atoms with E-state index < -0.39 is 17.9 Å². The lowest BCUT2D eigenvalue weighted by Gasteiger charge is -2.21. The van der Waals surface area contributed by atoms with E-state index in [2.05, 4.69) is 31.3 Å². The summed E-state index contributed by atoms with van der Waals surface area (Å²) in [6.07, 6.45) is 2.23. The van der Waals surface area contributed by atoms with E-state index in [1.165, 1.54) is 0 Å². The molecule has 1 unspecified atom stereocenters. The Morgan fingerprint density at radius 2 is 1.77 bits per heavy atom. The van der Waals surface area contributed by atoms with Crippen LogP contribution in [-0.2, 0) is 4.79 Å². The molecule has 180 valence electrons. The summed E-state index contributed by atoms with van der Waals surface area (Å²) in [6, 6.07) is 13.0. The molecule has 7 N–H and O–H groups in total. The second kappa shape index (κ2) is 9.95. The Kier molecular flexibility index (Phi) is 6.62. The molecule has 0 spiro atoms. The van der Waals surface area contributed by atoms with E-state index >= 15 is 0 Å². The van der Waals surface area contributed by atoms with Crippen molar-refractivity contribution in [2.75, 3.05) is 30.0 Å². The summed E-state index contributed by atoms with van der Waals surface area (Å²) < 4.78 is 0.931. The molecule has 0 saturated carbocycles. The minimum Gasteiger partial charge on any atom is -0.481 e. The monoisotopic (exact) mass is 476 g/mol. The molecule has 1 aliphatic heterocycles. The summed E-state index contributed by atoms with van der Waals surface area (Å²) in [4.78, 5) is 39.6. The maximum Gasteiger partial charge on any atom is 0.349 e. The largest absolute Gasteiger partial charge is 0.481 e. The van der Waals surface area contributed by atoms with Crippen LogP contribution in [0.3, 0.4) is 0 Å². The maximum absolute atomic E-state index is 12.7. The number of anilines is 4. The standard InChI is InChI=1S/C23H24N8O4/c1-25-19(32)14-4-8-17(9-5-14)27-22-29-21(24)31(30-22)23(35)28-18-6-2-13(3-7-18)15-10-16(20(33)34)12-26-11-15/h2-9,11,16,26H,10,12H2,1H3,(H,25,32)(H,28,35)(H,33,34)(H3,24,27,29,30). The van der Waals surface area contributed by atoms with Crippen LogP contribution in [0.15, 0.2) is 54.7 Å². The number of hydrogen-bond acceptors (Lipinski definition) is 8. The van der Waals surface area contributed by atoms with Gasteiger partial charge in [0.25, 0.3) is 5.91 Å². The van der Waals surface area contributed by atoms with Gasteiger partial charge in [0.15, 0.2) is 0 Å². The Bertz CT molecular complexity index is 1280. The van der Waals surface area contributed by atoms with Crippen molar-refractivity contribution in [3.8, 4) is 0 Å². The van der Waals surface area contributed by atoms with Crippen molar-refractivity contribution in [3.05, 3.63) is 65.9 Å². The summed E-state index contributed by atoms with van der Waals surface area (Å²) in [6.45, 7) is 0.393. The highest BCUT2D eigenvalue weighted by atomic mass is 16.4. The average molecular weight is 476 g/mol. The zero-order valence-electron chi connectivity index (χ0n) is 18.8. The molecule has 12 nitrogen and oxygen atoms in total. The molecule has 0 fully saturated rings. The molecule has 3 aromatic rings. The van der Waals surface area contributed by atoms with Crippen LogP contribution in [0.25, 0.3) is 5.57 Å². The van der Waals surface area contributed by atoms with E-state index in [4.69, 9.17) is 5.73 Å². The van der Waals surface area contributed by atoms with Gasteiger partial charge in [-0.3, -0.25) is 9.59 Å². The minimum atomic E-state index is -0.841. The van der Waals surface area contributed by atoms with Gasteiger partial charge in [0.05, 0.1) is 5.92 Å². The van der Waals surface area contributed by atoms with E-state index in [0.717, 1.165) is 15.8 Å². The highest BCUT2D eigenvalue weighted by Gasteiger charge is 2.22. The van der Waals surface area contributed by atoms with Crippen LogP contribution >= 0.6 is 0 Å². The normalized spacial score (nSPS) is 14.9. The van der Waals surface area contributed by atoms with Gasteiger partial charge >= 0.3 is 12.0 Å². The van der Waals surface area contributed by atoms with Crippen LogP contribution in [0.2, 0.25) is 0 Å². The van der Waals surface area contributed by atoms with Gasteiger partial charge in [0, 0.05) is 36.7 Å². The lowest BCUT2D eigenvalue weighted by Crippen LogP contribution is -2.29. The number of carbonyl (C=O) groups excluding carboxylic acids is 2. The molecule has 1 aliphatic rings. The molecule has 35 heavy (non-hydrogen) atoms. The molecule has 12 heteroatoms. The number of rotatable bonds is 6. The number of nitrogens with two attached hydrogens (primary N) is 1. The molecular weight excluding hydrogens is 452 g/mol. The number of carbonyl (C=O) groups is 3.